The SMILES string of the molecule is Cc1ccccc1/C=C1\Oc2c(ccc3c2CN(Cc2cccs2)CO3)C1=O. The first kappa shape index (κ1) is 17.2. The fraction of sp³-hybridized carbons (Fsp3) is 0.174. The lowest BCUT2D eigenvalue weighted by Gasteiger charge is -2.29. The Morgan fingerprint density at radius 1 is 1.14 bits per heavy atom. The van der Waals surface area contributed by atoms with Crippen LogP contribution in [-0.4, -0.2) is 17.4 Å². The molecule has 140 valence electrons. The van der Waals surface area contributed by atoms with Gasteiger partial charge in [-0.05, 0) is 47.7 Å². The summed E-state index contributed by atoms with van der Waals surface area (Å²) in [4.78, 5) is 16.4. The van der Waals surface area contributed by atoms with E-state index in [0.29, 0.717) is 30.3 Å². The molecule has 0 amide bonds. The van der Waals surface area contributed by atoms with Crippen molar-refractivity contribution in [2.75, 3.05) is 6.73 Å². The number of ether oxygens (including phenoxy) is 2. The molecule has 28 heavy (non-hydrogen) atoms. The second-order valence-corrected chi connectivity index (χ2v) is 8.09. The lowest BCUT2D eigenvalue weighted by atomic mass is 10.0. The summed E-state index contributed by atoms with van der Waals surface area (Å²) in [6.45, 7) is 4.07. The number of hydrogen-bond acceptors (Lipinski definition) is 5. The van der Waals surface area contributed by atoms with Gasteiger partial charge in [0, 0.05) is 18.0 Å². The number of carbonyl (C=O) groups is 1. The first-order valence-corrected chi connectivity index (χ1v) is 10.1. The zero-order chi connectivity index (χ0) is 19.1. The standard InChI is InChI=1S/C23H19NO3S/c1-15-5-2-3-6-16(15)11-21-22(25)18-8-9-20-19(23(18)27-21)13-24(14-26-20)12-17-7-4-10-28-17/h2-11H,12-14H2,1H3/b21-11-. The average molecular weight is 389 g/mol. The van der Waals surface area contributed by atoms with Crippen molar-refractivity contribution < 1.29 is 14.3 Å². The number of thiophene rings is 1. The molecule has 0 atom stereocenters. The van der Waals surface area contributed by atoms with Crippen molar-refractivity contribution in [1.82, 2.24) is 4.90 Å². The molecule has 2 aliphatic heterocycles. The molecule has 4 nitrogen and oxygen atoms in total. The van der Waals surface area contributed by atoms with Crippen LogP contribution >= 0.6 is 11.3 Å². The Balaban J connectivity index is 1.46. The summed E-state index contributed by atoms with van der Waals surface area (Å²) in [7, 11) is 0. The van der Waals surface area contributed by atoms with Crippen molar-refractivity contribution in [1.29, 1.82) is 0 Å². The minimum atomic E-state index is -0.0727. The average Bonchev–Trinajstić information content (AvgIpc) is 3.32. The van der Waals surface area contributed by atoms with Gasteiger partial charge in [0.05, 0.1) is 11.1 Å². The van der Waals surface area contributed by atoms with Gasteiger partial charge in [-0.3, -0.25) is 9.69 Å². The lowest BCUT2D eigenvalue weighted by Crippen LogP contribution is -2.31. The van der Waals surface area contributed by atoms with E-state index in [1.807, 2.05) is 49.4 Å². The molecule has 3 aromatic rings. The molecule has 5 rings (SSSR count). The fourth-order valence-electron chi connectivity index (χ4n) is 3.62. The molecule has 0 fully saturated rings. The third-order valence-corrected chi connectivity index (χ3v) is 5.98. The monoisotopic (exact) mass is 389 g/mol. The largest absolute Gasteiger partial charge is 0.478 e. The molecule has 5 heteroatoms. The van der Waals surface area contributed by atoms with E-state index in [4.69, 9.17) is 9.47 Å². The molecular weight excluding hydrogens is 370 g/mol. The van der Waals surface area contributed by atoms with Crippen LogP contribution in [0.25, 0.3) is 6.08 Å². The number of allylic oxidation sites excluding steroid dienone is 1. The number of fused-ring (bicyclic) bond motifs is 3. The molecule has 0 radical (unpaired) electrons. The van der Waals surface area contributed by atoms with Crippen molar-refractivity contribution >= 4 is 23.2 Å². The second kappa shape index (κ2) is 6.93. The highest BCUT2D eigenvalue weighted by atomic mass is 32.1. The van der Waals surface area contributed by atoms with Crippen molar-refractivity contribution in [3.05, 3.63) is 86.8 Å². The van der Waals surface area contributed by atoms with Gasteiger partial charge in [-0.2, -0.15) is 0 Å². The van der Waals surface area contributed by atoms with Gasteiger partial charge in [0.25, 0.3) is 0 Å². The smallest absolute Gasteiger partial charge is 0.231 e. The van der Waals surface area contributed by atoms with Gasteiger partial charge in [-0.25, -0.2) is 0 Å². The van der Waals surface area contributed by atoms with E-state index in [1.165, 1.54) is 4.88 Å². The predicted octanol–water partition coefficient (Wildman–Crippen LogP) is 5.02. The van der Waals surface area contributed by atoms with E-state index in [-0.39, 0.29) is 5.78 Å². The maximum absolute atomic E-state index is 12.9. The summed E-state index contributed by atoms with van der Waals surface area (Å²) in [6.07, 6.45) is 1.83. The summed E-state index contributed by atoms with van der Waals surface area (Å²) >= 11 is 1.73. The van der Waals surface area contributed by atoms with Crippen LogP contribution in [0.5, 0.6) is 11.5 Å². The zero-order valence-electron chi connectivity index (χ0n) is 15.5. The van der Waals surface area contributed by atoms with E-state index in [1.54, 1.807) is 11.3 Å². The number of ketones is 1. The van der Waals surface area contributed by atoms with Crippen molar-refractivity contribution in [2.24, 2.45) is 0 Å². The normalized spacial score (nSPS) is 17.2. The third-order valence-electron chi connectivity index (χ3n) is 5.12. The Labute approximate surface area is 167 Å². The molecule has 2 aliphatic rings. The number of benzene rings is 2. The third kappa shape index (κ3) is 3.03. The van der Waals surface area contributed by atoms with Gasteiger partial charge in [-0.1, -0.05) is 30.3 Å². The van der Waals surface area contributed by atoms with Crippen LogP contribution in [0.1, 0.15) is 31.9 Å². The van der Waals surface area contributed by atoms with Crippen LogP contribution in [0.4, 0.5) is 0 Å². The number of carbonyl (C=O) groups excluding carboxylic acids is 1. The maximum atomic E-state index is 12.9. The van der Waals surface area contributed by atoms with Crippen LogP contribution in [0.15, 0.2) is 59.7 Å². The van der Waals surface area contributed by atoms with Gasteiger partial charge in [0.2, 0.25) is 5.78 Å². The van der Waals surface area contributed by atoms with E-state index in [0.717, 1.165) is 29.0 Å². The highest BCUT2D eigenvalue weighted by molar-refractivity contribution is 7.09. The van der Waals surface area contributed by atoms with Crippen LogP contribution in [0, 0.1) is 6.92 Å². The summed E-state index contributed by atoms with van der Waals surface area (Å²) < 4.78 is 12.0. The van der Waals surface area contributed by atoms with Crippen molar-refractivity contribution in [2.45, 2.75) is 20.0 Å². The van der Waals surface area contributed by atoms with Crippen LogP contribution in [0.3, 0.4) is 0 Å². The predicted molar refractivity (Wildman–Crippen MR) is 110 cm³/mol. The number of aryl methyl sites for hydroxylation is 1. The van der Waals surface area contributed by atoms with Gasteiger partial charge >= 0.3 is 0 Å². The molecule has 0 saturated carbocycles. The van der Waals surface area contributed by atoms with Gasteiger partial charge in [0.15, 0.2) is 5.76 Å². The van der Waals surface area contributed by atoms with Gasteiger partial charge in [-0.15, -0.1) is 11.3 Å². The summed E-state index contributed by atoms with van der Waals surface area (Å²) in [6, 6.07) is 15.8. The highest BCUT2D eigenvalue weighted by Gasteiger charge is 2.33. The van der Waals surface area contributed by atoms with E-state index in [9.17, 15) is 4.79 Å². The van der Waals surface area contributed by atoms with E-state index < -0.39 is 0 Å². The number of Topliss-reactive ketones (excluding diaryl/α,β-unsaturated/α-hetero) is 1. The lowest BCUT2D eigenvalue weighted by molar-refractivity contribution is 0.0882. The number of hydrogen-bond donors (Lipinski definition) is 0. The molecule has 3 heterocycles. The van der Waals surface area contributed by atoms with Crippen LogP contribution in [0.2, 0.25) is 0 Å². The Bertz CT molecular complexity index is 1090. The molecule has 0 saturated heterocycles. The first-order chi connectivity index (χ1) is 13.7. The van der Waals surface area contributed by atoms with Crippen LogP contribution in [-0.2, 0) is 13.1 Å². The van der Waals surface area contributed by atoms with Gasteiger partial charge in [0.1, 0.15) is 18.2 Å². The highest BCUT2D eigenvalue weighted by Crippen LogP contribution is 2.42. The second-order valence-electron chi connectivity index (χ2n) is 7.06. The minimum absolute atomic E-state index is 0.0727. The fourth-order valence-corrected chi connectivity index (χ4v) is 4.36. The Kier molecular flexibility index (Phi) is 4.26. The molecule has 0 bridgehead atoms. The summed E-state index contributed by atoms with van der Waals surface area (Å²) in [5.74, 6) is 1.73. The summed E-state index contributed by atoms with van der Waals surface area (Å²) in [5.41, 5.74) is 3.65. The zero-order valence-corrected chi connectivity index (χ0v) is 16.3. The molecule has 1 aromatic heterocycles. The molecule has 0 unspecified atom stereocenters. The Morgan fingerprint density at radius 2 is 2.04 bits per heavy atom. The maximum Gasteiger partial charge on any atom is 0.231 e. The number of nitrogens with zero attached hydrogens (tertiary/aromatic N) is 1. The van der Waals surface area contributed by atoms with Crippen molar-refractivity contribution in [3.8, 4) is 11.5 Å². The van der Waals surface area contributed by atoms with Gasteiger partial charge < -0.3 is 9.47 Å². The topological polar surface area (TPSA) is 38.8 Å². The van der Waals surface area contributed by atoms with E-state index >= 15 is 0 Å². The molecular formula is C23H19NO3S. The molecule has 0 aliphatic carbocycles. The minimum Gasteiger partial charge on any atom is -0.478 e. The molecule has 0 N–H and O–H groups in total. The quantitative estimate of drug-likeness (QED) is 0.589. The van der Waals surface area contributed by atoms with E-state index in [2.05, 4.69) is 22.4 Å². The van der Waals surface area contributed by atoms with Crippen molar-refractivity contribution in [3.63, 3.8) is 0 Å². The molecule has 2 aromatic carbocycles. The first-order valence-electron chi connectivity index (χ1n) is 9.22. The molecule has 0 spiro atoms. The Hall–Kier alpha value is -2.89. The number of rotatable bonds is 3. The van der Waals surface area contributed by atoms with Crippen LogP contribution < -0.4 is 9.47 Å². The Morgan fingerprint density at radius 3 is 2.86 bits per heavy atom. The summed E-state index contributed by atoms with van der Waals surface area (Å²) in [5, 5.41) is 2.08.